The van der Waals surface area contributed by atoms with E-state index in [2.05, 4.69) is 15.9 Å². The number of hydrogen-bond donors (Lipinski definition) is 0. The van der Waals surface area contributed by atoms with Crippen LogP contribution < -0.4 is 0 Å². The van der Waals surface area contributed by atoms with Crippen molar-refractivity contribution in [3.05, 3.63) is 68.7 Å². The van der Waals surface area contributed by atoms with Gasteiger partial charge in [0, 0.05) is 12.0 Å². The van der Waals surface area contributed by atoms with Crippen molar-refractivity contribution in [1.82, 2.24) is 0 Å². The Balaban J connectivity index is 2.26. The quantitative estimate of drug-likeness (QED) is 0.730. The molecule has 0 fully saturated rings. The second kappa shape index (κ2) is 5.80. The lowest BCUT2D eigenvalue weighted by Crippen LogP contribution is -2.05. The smallest absolute Gasteiger partial charge is 0.167 e. The summed E-state index contributed by atoms with van der Waals surface area (Å²) in [5.74, 6) is -1.26. The molecule has 0 saturated carbocycles. The van der Waals surface area contributed by atoms with Crippen LogP contribution in [0.2, 0.25) is 5.02 Å². The summed E-state index contributed by atoms with van der Waals surface area (Å²) in [4.78, 5) is 12.0. The Morgan fingerprint density at radius 1 is 1.16 bits per heavy atom. The van der Waals surface area contributed by atoms with Crippen LogP contribution in [-0.2, 0) is 6.42 Å². The van der Waals surface area contributed by atoms with Gasteiger partial charge in [-0.05, 0) is 45.8 Å². The number of carbonyl (C=O) groups excluding carboxylic acids is 1. The van der Waals surface area contributed by atoms with Crippen molar-refractivity contribution in [3.63, 3.8) is 0 Å². The minimum atomic E-state index is -0.579. The highest BCUT2D eigenvalue weighted by Crippen LogP contribution is 2.23. The molecule has 2 rings (SSSR count). The molecule has 0 heterocycles. The standard InChI is InChI=1S/C14H8BrClF2O/c15-14-9(2-1-3-12(14)18)7-13(19)8-4-5-11(17)10(16)6-8/h1-6H,7H2. The third kappa shape index (κ3) is 3.19. The molecule has 0 aliphatic carbocycles. The molecule has 0 saturated heterocycles. The van der Waals surface area contributed by atoms with E-state index in [0.29, 0.717) is 11.1 Å². The van der Waals surface area contributed by atoms with Crippen molar-refractivity contribution < 1.29 is 13.6 Å². The number of rotatable bonds is 3. The molecular formula is C14H8BrClF2O. The fourth-order valence-corrected chi connectivity index (χ4v) is 2.21. The maximum Gasteiger partial charge on any atom is 0.167 e. The maximum atomic E-state index is 13.3. The summed E-state index contributed by atoms with van der Waals surface area (Å²) in [6, 6.07) is 8.24. The van der Waals surface area contributed by atoms with Gasteiger partial charge in [0.1, 0.15) is 11.6 Å². The first kappa shape index (κ1) is 14.2. The van der Waals surface area contributed by atoms with E-state index in [0.717, 1.165) is 6.07 Å². The van der Waals surface area contributed by atoms with E-state index in [-0.39, 0.29) is 21.7 Å². The zero-order valence-electron chi connectivity index (χ0n) is 9.59. The van der Waals surface area contributed by atoms with E-state index in [4.69, 9.17) is 11.6 Å². The Morgan fingerprint density at radius 2 is 1.89 bits per heavy atom. The molecule has 0 aliphatic heterocycles. The molecule has 0 bridgehead atoms. The summed E-state index contributed by atoms with van der Waals surface area (Å²) < 4.78 is 26.6. The first-order chi connectivity index (χ1) is 8.99. The monoisotopic (exact) mass is 344 g/mol. The molecule has 0 aromatic heterocycles. The molecule has 1 nitrogen and oxygen atoms in total. The number of hydrogen-bond acceptors (Lipinski definition) is 1. The number of benzene rings is 2. The van der Waals surface area contributed by atoms with Crippen LogP contribution in [0, 0.1) is 11.6 Å². The highest BCUT2D eigenvalue weighted by molar-refractivity contribution is 9.10. The second-order valence-electron chi connectivity index (χ2n) is 3.94. The van der Waals surface area contributed by atoms with Crippen molar-refractivity contribution in [2.24, 2.45) is 0 Å². The van der Waals surface area contributed by atoms with Crippen LogP contribution in [0.4, 0.5) is 8.78 Å². The molecule has 2 aromatic carbocycles. The average Bonchev–Trinajstić information content (AvgIpc) is 2.38. The SMILES string of the molecule is O=C(Cc1cccc(F)c1Br)c1ccc(F)c(Cl)c1. The van der Waals surface area contributed by atoms with Gasteiger partial charge in [-0.1, -0.05) is 23.7 Å². The minimum Gasteiger partial charge on any atom is -0.294 e. The number of halogens is 4. The van der Waals surface area contributed by atoms with Gasteiger partial charge in [-0.15, -0.1) is 0 Å². The Labute approximate surface area is 122 Å². The third-order valence-corrected chi connectivity index (χ3v) is 3.80. The third-order valence-electron chi connectivity index (χ3n) is 2.62. The fourth-order valence-electron chi connectivity index (χ4n) is 1.63. The molecule has 0 N–H and O–H groups in total. The van der Waals surface area contributed by atoms with Gasteiger partial charge in [0.15, 0.2) is 5.78 Å². The average molecular weight is 346 g/mol. The van der Waals surface area contributed by atoms with E-state index in [9.17, 15) is 13.6 Å². The summed E-state index contributed by atoms with van der Waals surface area (Å²) in [5.41, 5.74) is 0.827. The lowest BCUT2D eigenvalue weighted by atomic mass is 10.0. The van der Waals surface area contributed by atoms with Gasteiger partial charge in [0.2, 0.25) is 0 Å². The van der Waals surface area contributed by atoms with E-state index < -0.39 is 11.6 Å². The topological polar surface area (TPSA) is 17.1 Å². The summed E-state index contributed by atoms with van der Waals surface area (Å²) >= 11 is 8.71. The van der Waals surface area contributed by atoms with Crippen LogP contribution in [0.3, 0.4) is 0 Å². The van der Waals surface area contributed by atoms with Crippen LogP contribution in [0.15, 0.2) is 40.9 Å². The molecule has 98 valence electrons. The van der Waals surface area contributed by atoms with Crippen molar-refractivity contribution in [2.75, 3.05) is 0 Å². The van der Waals surface area contributed by atoms with Crippen LogP contribution >= 0.6 is 27.5 Å². The predicted molar refractivity (Wildman–Crippen MR) is 73.5 cm³/mol. The summed E-state index contributed by atoms with van der Waals surface area (Å²) in [6.45, 7) is 0. The minimum absolute atomic E-state index is 0.0142. The van der Waals surface area contributed by atoms with E-state index in [1.807, 2.05) is 0 Å². The highest BCUT2D eigenvalue weighted by Gasteiger charge is 2.13. The van der Waals surface area contributed by atoms with E-state index in [1.165, 1.54) is 24.3 Å². The molecule has 0 atom stereocenters. The van der Waals surface area contributed by atoms with Gasteiger partial charge in [-0.25, -0.2) is 8.78 Å². The largest absolute Gasteiger partial charge is 0.294 e. The summed E-state index contributed by atoms with van der Waals surface area (Å²) in [5, 5.41) is -0.107. The molecular weight excluding hydrogens is 338 g/mol. The molecule has 0 spiro atoms. The van der Waals surface area contributed by atoms with Crippen molar-refractivity contribution in [2.45, 2.75) is 6.42 Å². The first-order valence-electron chi connectivity index (χ1n) is 5.40. The van der Waals surface area contributed by atoms with E-state index in [1.54, 1.807) is 6.07 Å². The number of Topliss-reactive ketones (excluding diaryl/α,β-unsaturated/α-hetero) is 1. The second-order valence-corrected chi connectivity index (χ2v) is 5.14. The fraction of sp³-hybridized carbons (Fsp3) is 0.0714. The van der Waals surface area contributed by atoms with Crippen molar-refractivity contribution >= 4 is 33.3 Å². The molecule has 2 aromatic rings. The summed E-state index contributed by atoms with van der Waals surface area (Å²) in [6.07, 6.45) is 0.0142. The van der Waals surface area contributed by atoms with Gasteiger partial charge < -0.3 is 0 Å². The zero-order chi connectivity index (χ0) is 14.0. The van der Waals surface area contributed by atoms with Crippen LogP contribution in [0.5, 0.6) is 0 Å². The zero-order valence-corrected chi connectivity index (χ0v) is 11.9. The van der Waals surface area contributed by atoms with Crippen molar-refractivity contribution in [1.29, 1.82) is 0 Å². The maximum absolute atomic E-state index is 13.3. The Kier molecular flexibility index (Phi) is 4.32. The lowest BCUT2D eigenvalue weighted by Gasteiger charge is -2.05. The Morgan fingerprint density at radius 3 is 2.58 bits per heavy atom. The van der Waals surface area contributed by atoms with Crippen molar-refractivity contribution in [3.8, 4) is 0 Å². The normalized spacial score (nSPS) is 10.5. The number of ketones is 1. The van der Waals surface area contributed by atoms with E-state index >= 15 is 0 Å². The van der Waals surface area contributed by atoms with Gasteiger partial charge >= 0.3 is 0 Å². The van der Waals surface area contributed by atoms with Gasteiger partial charge in [-0.3, -0.25) is 4.79 Å². The Hall–Kier alpha value is -1.26. The van der Waals surface area contributed by atoms with Gasteiger partial charge in [0.25, 0.3) is 0 Å². The number of carbonyl (C=O) groups is 1. The lowest BCUT2D eigenvalue weighted by molar-refractivity contribution is 0.0992. The van der Waals surface area contributed by atoms with Gasteiger partial charge in [-0.2, -0.15) is 0 Å². The van der Waals surface area contributed by atoms with Crippen LogP contribution in [-0.4, -0.2) is 5.78 Å². The molecule has 0 amide bonds. The molecule has 0 aliphatic rings. The highest BCUT2D eigenvalue weighted by atomic mass is 79.9. The van der Waals surface area contributed by atoms with Crippen LogP contribution in [0.25, 0.3) is 0 Å². The predicted octanol–water partition coefficient (Wildman–Crippen LogP) is 4.81. The molecule has 0 radical (unpaired) electrons. The Bertz CT molecular complexity index is 643. The molecule has 19 heavy (non-hydrogen) atoms. The molecule has 5 heteroatoms. The summed E-state index contributed by atoms with van der Waals surface area (Å²) in [7, 11) is 0. The molecule has 0 unspecified atom stereocenters. The van der Waals surface area contributed by atoms with Crippen LogP contribution in [0.1, 0.15) is 15.9 Å². The van der Waals surface area contributed by atoms with Gasteiger partial charge in [0.05, 0.1) is 9.50 Å². The first-order valence-corrected chi connectivity index (χ1v) is 6.57.